The molecule has 2 aromatic carbocycles. The lowest BCUT2D eigenvalue weighted by Crippen LogP contribution is -2.40. The SMILES string of the molecule is COc1ccccc1OCC1CCc2cc([C@H]3CC[C@](N)(CO)C3)ccc2C1. The predicted octanol–water partition coefficient (Wildman–Crippen LogP) is 3.84. The van der Waals surface area contributed by atoms with E-state index in [2.05, 4.69) is 18.2 Å². The molecule has 28 heavy (non-hydrogen) atoms. The van der Waals surface area contributed by atoms with Crippen LogP contribution >= 0.6 is 0 Å². The summed E-state index contributed by atoms with van der Waals surface area (Å²) in [7, 11) is 1.68. The number of para-hydroxylation sites is 2. The normalized spacial score (nSPS) is 26.7. The second-order valence-electron chi connectivity index (χ2n) is 8.56. The molecule has 1 saturated carbocycles. The number of aliphatic hydroxyl groups excluding tert-OH is 1. The summed E-state index contributed by atoms with van der Waals surface area (Å²) in [5.74, 6) is 2.62. The van der Waals surface area contributed by atoms with Crippen LogP contribution in [0, 0.1) is 5.92 Å². The van der Waals surface area contributed by atoms with Crippen LogP contribution in [-0.4, -0.2) is 31.0 Å². The van der Waals surface area contributed by atoms with Gasteiger partial charge in [-0.15, -0.1) is 0 Å². The van der Waals surface area contributed by atoms with Crippen molar-refractivity contribution in [1.82, 2.24) is 0 Å². The van der Waals surface area contributed by atoms with Gasteiger partial charge in [-0.1, -0.05) is 30.3 Å². The minimum Gasteiger partial charge on any atom is -0.493 e. The summed E-state index contributed by atoms with van der Waals surface area (Å²) in [5, 5.41) is 9.53. The Morgan fingerprint density at radius 1 is 1.11 bits per heavy atom. The standard InChI is InChI=1S/C24H31NO3/c1-27-22-4-2-3-5-23(22)28-15-17-6-7-19-13-20(9-8-18(19)12-17)21-10-11-24(25,14-21)16-26/h2-5,8-9,13,17,21,26H,6-7,10-12,14-16,25H2,1H3/t17?,21-,24+/m0/s1. The van der Waals surface area contributed by atoms with Crippen LogP contribution in [0.5, 0.6) is 11.5 Å². The average molecular weight is 382 g/mol. The molecule has 3 atom stereocenters. The van der Waals surface area contributed by atoms with E-state index in [1.54, 1.807) is 7.11 Å². The first-order valence-corrected chi connectivity index (χ1v) is 10.4. The molecule has 0 spiro atoms. The van der Waals surface area contributed by atoms with Gasteiger partial charge < -0.3 is 20.3 Å². The fourth-order valence-corrected chi connectivity index (χ4v) is 4.78. The van der Waals surface area contributed by atoms with Gasteiger partial charge in [0.2, 0.25) is 0 Å². The van der Waals surface area contributed by atoms with Gasteiger partial charge in [-0.3, -0.25) is 0 Å². The van der Waals surface area contributed by atoms with Gasteiger partial charge in [0, 0.05) is 5.54 Å². The summed E-state index contributed by atoms with van der Waals surface area (Å²) >= 11 is 0. The molecule has 4 nitrogen and oxygen atoms in total. The zero-order chi connectivity index (χ0) is 19.6. The van der Waals surface area contributed by atoms with Crippen molar-refractivity contribution in [1.29, 1.82) is 0 Å². The van der Waals surface area contributed by atoms with E-state index in [0.29, 0.717) is 11.8 Å². The van der Waals surface area contributed by atoms with Crippen molar-refractivity contribution in [3.05, 3.63) is 59.2 Å². The Kier molecular flexibility index (Phi) is 5.61. The topological polar surface area (TPSA) is 64.7 Å². The number of fused-ring (bicyclic) bond motifs is 1. The number of hydrogen-bond acceptors (Lipinski definition) is 4. The maximum absolute atomic E-state index is 9.53. The number of methoxy groups -OCH3 is 1. The maximum Gasteiger partial charge on any atom is 0.161 e. The number of ether oxygens (including phenoxy) is 2. The highest BCUT2D eigenvalue weighted by atomic mass is 16.5. The van der Waals surface area contributed by atoms with E-state index in [0.717, 1.165) is 56.6 Å². The Hall–Kier alpha value is -2.04. The van der Waals surface area contributed by atoms with Crippen LogP contribution in [0.3, 0.4) is 0 Å². The maximum atomic E-state index is 9.53. The van der Waals surface area contributed by atoms with Crippen LogP contribution in [0.4, 0.5) is 0 Å². The molecule has 2 aliphatic carbocycles. The van der Waals surface area contributed by atoms with Crippen molar-refractivity contribution in [3.8, 4) is 11.5 Å². The molecule has 0 heterocycles. The summed E-state index contributed by atoms with van der Waals surface area (Å²) < 4.78 is 11.4. The molecule has 4 rings (SSSR count). The van der Waals surface area contributed by atoms with Crippen molar-refractivity contribution in [3.63, 3.8) is 0 Å². The molecule has 2 aliphatic rings. The van der Waals surface area contributed by atoms with Gasteiger partial charge >= 0.3 is 0 Å². The lowest BCUT2D eigenvalue weighted by molar-refractivity contribution is 0.198. The van der Waals surface area contributed by atoms with Gasteiger partial charge in [0.15, 0.2) is 11.5 Å². The number of aryl methyl sites for hydroxylation is 1. The van der Waals surface area contributed by atoms with E-state index >= 15 is 0 Å². The fraction of sp³-hybridized carbons (Fsp3) is 0.500. The summed E-state index contributed by atoms with van der Waals surface area (Å²) in [4.78, 5) is 0. The monoisotopic (exact) mass is 381 g/mol. The summed E-state index contributed by atoms with van der Waals surface area (Å²) in [6, 6.07) is 14.8. The Labute approximate surface area is 167 Å². The van der Waals surface area contributed by atoms with Crippen LogP contribution in [0.15, 0.2) is 42.5 Å². The molecule has 0 amide bonds. The molecular weight excluding hydrogens is 350 g/mol. The van der Waals surface area contributed by atoms with Gasteiger partial charge in [-0.05, 0) is 79.2 Å². The average Bonchev–Trinajstić information content (AvgIpc) is 3.14. The lowest BCUT2D eigenvalue weighted by atomic mass is 9.82. The molecule has 4 heteroatoms. The number of nitrogens with two attached hydrogens (primary N) is 1. The van der Waals surface area contributed by atoms with Gasteiger partial charge in [0.1, 0.15) is 0 Å². The molecule has 0 bridgehead atoms. The number of aliphatic hydroxyl groups is 1. The smallest absolute Gasteiger partial charge is 0.161 e. The number of hydrogen-bond donors (Lipinski definition) is 2. The van der Waals surface area contributed by atoms with E-state index in [1.165, 1.54) is 16.7 Å². The lowest BCUT2D eigenvalue weighted by Gasteiger charge is -2.26. The van der Waals surface area contributed by atoms with Gasteiger partial charge in [0.25, 0.3) is 0 Å². The van der Waals surface area contributed by atoms with Crippen molar-refractivity contribution in [2.45, 2.75) is 50.0 Å². The predicted molar refractivity (Wildman–Crippen MR) is 111 cm³/mol. The van der Waals surface area contributed by atoms with Crippen LogP contribution in [-0.2, 0) is 12.8 Å². The molecule has 0 saturated heterocycles. The zero-order valence-corrected chi connectivity index (χ0v) is 16.7. The molecule has 0 aliphatic heterocycles. The van der Waals surface area contributed by atoms with Gasteiger partial charge in [-0.25, -0.2) is 0 Å². The Balaban J connectivity index is 1.38. The van der Waals surface area contributed by atoms with Gasteiger partial charge in [-0.2, -0.15) is 0 Å². The third-order valence-electron chi connectivity index (χ3n) is 6.53. The highest BCUT2D eigenvalue weighted by Crippen LogP contribution is 2.40. The molecule has 0 aromatic heterocycles. The molecule has 150 valence electrons. The van der Waals surface area contributed by atoms with E-state index in [4.69, 9.17) is 15.2 Å². The molecular formula is C24H31NO3. The van der Waals surface area contributed by atoms with Crippen LogP contribution in [0.25, 0.3) is 0 Å². The molecule has 2 aromatic rings. The second-order valence-corrected chi connectivity index (χ2v) is 8.56. The third kappa shape index (κ3) is 4.03. The Bertz CT molecular complexity index is 821. The molecule has 1 unspecified atom stereocenters. The molecule has 0 radical (unpaired) electrons. The number of rotatable bonds is 6. The van der Waals surface area contributed by atoms with E-state index in [-0.39, 0.29) is 12.1 Å². The van der Waals surface area contributed by atoms with Gasteiger partial charge in [0.05, 0.1) is 20.3 Å². The minimum absolute atomic E-state index is 0.0856. The highest BCUT2D eigenvalue weighted by molar-refractivity contribution is 5.39. The summed E-state index contributed by atoms with van der Waals surface area (Å²) in [5.41, 5.74) is 10.2. The first-order chi connectivity index (χ1) is 13.6. The summed E-state index contributed by atoms with van der Waals surface area (Å²) in [6.45, 7) is 0.804. The van der Waals surface area contributed by atoms with Crippen molar-refractivity contribution >= 4 is 0 Å². The number of benzene rings is 2. The summed E-state index contributed by atoms with van der Waals surface area (Å²) in [6.07, 6.45) is 6.18. The first kappa shape index (κ1) is 19.3. The van der Waals surface area contributed by atoms with E-state index in [9.17, 15) is 5.11 Å². The Morgan fingerprint density at radius 3 is 2.68 bits per heavy atom. The van der Waals surface area contributed by atoms with E-state index < -0.39 is 0 Å². The van der Waals surface area contributed by atoms with Crippen molar-refractivity contribution in [2.24, 2.45) is 11.7 Å². The van der Waals surface area contributed by atoms with Crippen molar-refractivity contribution < 1.29 is 14.6 Å². The van der Waals surface area contributed by atoms with Crippen LogP contribution in [0.2, 0.25) is 0 Å². The first-order valence-electron chi connectivity index (χ1n) is 10.4. The van der Waals surface area contributed by atoms with Crippen LogP contribution in [0.1, 0.15) is 48.3 Å². The second kappa shape index (κ2) is 8.14. The minimum atomic E-state index is -0.387. The molecule has 3 N–H and O–H groups in total. The van der Waals surface area contributed by atoms with E-state index in [1.807, 2.05) is 24.3 Å². The quantitative estimate of drug-likeness (QED) is 0.798. The fourth-order valence-electron chi connectivity index (χ4n) is 4.78. The van der Waals surface area contributed by atoms with Crippen LogP contribution < -0.4 is 15.2 Å². The molecule has 1 fully saturated rings. The highest BCUT2D eigenvalue weighted by Gasteiger charge is 2.36. The Morgan fingerprint density at radius 2 is 1.93 bits per heavy atom. The van der Waals surface area contributed by atoms with Crippen molar-refractivity contribution in [2.75, 3.05) is 20.3 Å². The third-order valence-corrected chi connectivity index (χ3v) is 6.53. The largest absolute Gasteiger partial charge is 0.493 e. The zero-order valence-electron chi connectivity index (χ0n) is 16.7.